The number of thiazole rings is 1. The van der Waals surface area contributed by atoms with Crippen LogP contribution in [0.1, 0.15) is 17.8 Å². The number of hydrogen-bond acceptors (Lipinski definition) is 5. The molecule has 1 atom stereocenters. The van der Waals surface area contributed by atoms with E-state index in [1.54, 1.807) is 23.5 Å². The number of nitrogens with zero attached hydrogens (tertiary/aromatic N) is 3. The Hall–Kier alpha value is -2.02. The number of hydrogen-bond donors (Lipinski definition) is 1. The molecule has 1 saturated heterocycles. The van der Waals surface area contributed by atoms with Crippen molar-refractivity contribution in [2.45, 2.75) is 19.4 Å². The number of carbonyl (C=O) groups excluding carboxylic acids is 1. The van der Waals surface area contributed by atoms with Gasteiger partial charge in [0.2, 0.25) is 5.91 Å². The van der Waals surface area contributed by atoms with Gasteiger partial charge >= 0.3 is 0 Å². The highest BCUT2D eigenvalue weighted by Gasteiger charge is 2.26. The van der Waals surface area contributed by atoms with Crippen molar-refractivity contribution in [1.29, 1.82) is 0 Å². The van der Waals surface area contributed by atoms with Crippen LogP contribution < -0.4 is 5.32 Å². The highest BCUT2D eigenvalue weighted by molar-refractivity contribution is 7.18. The molecular formula is C19H19ClN4OS. The van der Waals surface area contributed by atoms with Gasteiger partial charge < -0.3 is 5.32 Å². The number of fused-ring (bicyclic) bond motifs is 1. The Balaban J connectivity index is 1.38. The van der Waals surface area contributed by atoms with Crippen molar-refractivity contribution < 1.29 is 4.79 Å². The maximum atomic E-state index is 12.6. The van der Waals surface area contributed by atoms with E-state index in [-0.39, 0.29) is 11.8 Å². The molecule has 0 saturated carbocycles. The second kappa shape index (κ2) is 7.70. The van der Waals surface area contributed by atoms with E-state index < -0.39 is 0 Å². The average molecular weight is 387 g/mol. The second-order valence-corrected chi connectivity index (χ2v) is 8.05. The fourth-order valence-corrected chi connectivity index (χ4v) is 4.39. The van der Waals surface area contributed by atoms with Crippen molar-refractivity contribution in [2.75, 3.05) is 18.4 Å². The molecule has 1 aromatic carbocycles. The van der Waals surface area contributed by atoms with Crippen molar-refractivity contribution in [1.82, 2.24) is 14.9 Å². The lowest BCUT2D eigenvalue weighted by Crippen LogP contribution is -2.40. The first-order valence-corrected chi connectivity index (χ1v) is 9.86. The summed E-state index contributed by atoms with van der Waals surface area (Å²) in [4.78, 5) is 23.7. The number of anilines is 1. The number of pyridine rings is 1. The normalized spacial score (nSPS) is 18.1. The summed E-state index contributed by atoms with van der Waals surface area (Å²) < 4.78 is 1.21. The minimum Gasteiger partial charge on any atom is -0.310 e. The molecule has 7 heteroatoms. The molecule has 2 aromatic heterocycles. The van der Waals surface area contributed by atoms with E-state index in [2.05, 4.69) is 21.3 Å². The fraction of sp³-hybridized carbons (Fsp3) is 0.316. The number of nitrogens with one attached hydrogen (secondary N) is 1. The smallest absolute Gasteiger partial charge is 0.229 e. The molecule has 0 spiro atoms. The van der Waals surface area contributed by atoms with E-state index >= 15 is 0 Å². The number of likely N-dealkylation sites (tertiary alicyclic amines) is 1. The van der Waals surface area contributed by atoms with E-state index in [0.717, 1.165) is 43.0 Å². The fourth-order valence-electron chi connectivity index (χ4n) is 3.27. The van der Waals surface area contributed by atoms with Gasteiger partial charge in [-0.3, -0.25) is 9.69 Å². The first kappa shape index (κ1) is 17.4. The summed E-state index contributed by atoms with van der Waals surface area (Å²) in [5.41, 5.74) is 1.05. The van der Waals surface area contributed by atoms with Crippen LogP contribution in [0.5, 0.6) is 0 Å². The van der Waals surface area contributed by atoms with E-state index in [9.17, 15) is 4.79 Å². The van der Waals surface area contributed by atoms with Gasteiger partial charge in [-0.25, -0.2) is 9.97 Å². The summed E-state index contributed by atoms with van der Waals surface area (Å²) in [6, 6.07) is 11.6. The van der Waals surface area contributed by atoms with Crippen LogP contribution in [0, 0.1) is 5.92 Å². The van der Waals surface area contributed by atoms with Crippen LogP contribution in [-0.2, 0) is 11.3 Å². The van der Waals surface area contributed by atoms with Crippen LogP contribution in [0.25, 0.3) is 10.2 Å². The summed E-state index contributed by atoms with van der Waals surface area (Å²) in [6.45, 7) is 2.54. The summed E-state index contributed by atoms with van der Waals surface area (Å²) in [5.74, 6) is 0.534. The number of rotatable bonds is 4. The minimum absolute atomic E-state index is 0.0221. The zero-order chi connectivity index (χ0) is 17.9. The standard InChI is InChI=1S/C19H19ClN4OS/c20-14-7-8-17(21-10-14)23-19(25)13-4-3-9-24(11-13)12-18-22-15-5-1-2-6-16(15)26-18/h1-2,5-8,10,13H,3-4,9,11-12H2,(H,21,23,25)/t13-/m1/s1. The van der Waals surface area contributed by atoms with Crippen LogP contribution in [-0.4, -0.2) is 33.9 Å². The molecule has 0 bridgehead atoms. The van der Waals surface area contributed by atoms with Gasteiger partial charge in [0.05, 0.1) is 27.7 Å². The summed E-state index contributed by atoms with van der Waals surface area (Å²) >= 11 is 7.56. The first-order chi connectivity index (χ1) is 12.7. The van der Waals surface area contributed by atoms with E-state index in [0.29, 0.717) is 10.8 Å². The van der Waals surface area contributed by atoms with Gasteiger partial charge in [-0.2, -0.15) is 0 Å². The SMILES string of the molecule is O=C(Nc1ccc(Cl)cn1)[C@@H]1CCCN(Cc2nc3ccccc3s2)C1. The minimum atomic E-state index is -0.0318. The van der Waals surface area contributed by atoms with E-state index in [1.807, 2.05) is 18.2 Å². The predicted molar refractivity (Wildman–Crippen MR) is 105 cm³/mol. The van der Waals surface area contributed by atoms with Gasteiger partial charge in [0.15, 0.2) is 0 Å². The lowest BCUT2D eigenvalue weighted by atomic mass is 9.97. The largest absolute Gasteiger partial charge is 0.310 e. The molecule has 3 heterocycles. The third-order valence-electron chi connectivity index (χ3n) is 4.55. The van der Waals surface area contributed by atoms with Crippen molar-refractivity contribution in [3.8, 4) is 0 Å². The molecule has 1 aliphatic heterocycles. The van der Waals surface area contributed by atoms with Crippen LogP contribution >= 0.6 is 22.9 Å². The maximum absolute atomic E-state index is 12.6. The molecule has 3 aromatic rings. The number of piperidine rings is 1. The third-order valence-corrected chi connectivity index (χ3v) is 5.80. The zero-order valence-electron chi connectivity index (χ0n) is 14.2. The van der Waals surface area contributed by atoms with Crippen LogP contribution in [0.2, 0.25) is 5.02 Å². The molecule has 4 rings (SSSR count). The van der Waals surface area contributed by atoms with Gasteiger partial charge in [-0.1, -0.05) is 23.7 Å². The predicted octanol–water partition coefficient (Wildman–Crippen LogP) is 4.20. The Morgan fingerprint density at radius 3 is 3.00 bits per heavy atom. The highest BCUT2D eigenvalue weighted by Crippen LogP contribution is 2.25. The number of benzene rings is 1. The molecule has 0 aliphatic carbocycles. The Kier molecular flexibility index (Phi) is 5.15. The molecule has 1 aliphatic rings. The molecule has 0 unspecified atom stereocenters. The van der Waals surface area contributed by atoms with E-state index in [4.69, 9.17) is 16.6 Å². The summed E-state index contributed by atoms with van der Waals surface area (Å²) in [6.07, 6.45) is 3.45. The maximum Gasteiger partial charge on any atom is 0.229 e. The topological polar surface area (TPSA) is 58.1 Å². The molecule has 1 fully saturated rings. The van der Waals surface area contributed by atoms with Crippen molar-refractivity contribution in [3.63, 3.8) is 0 Å². The van der Waals surface area contributed by atoms with Gasteiger partial charge in [-0.15, -0.1) is 11.3 Å². The zero-order valence-corrected chi connectivity index (χ0v) is 15.8. The molecule has 1 N–H and O–H groups in total. The average Bonchev–Trinajstić information content (AvgIpc) is 3.06. The van der Waals surface area contributed by atoms with Crippen LogP contribution in [0.15, 0.2) is 42.6 Å². The monoisotopic (exact) mass is 386 g/mol. The number of carbonyl (C=O) groups is 1. The first-order valence-electron chi connectivity index (χ1n) is 8.66. The quantitative estimate of drug-likeness (QED) is 0.730. The third kappa shape index (κ3) is 4.03. The molecule has 134 valence electrons. The number of para-hydroxylation sites is 1. The van der Waals surface area contributed by atoms with Crippen molar-refractivity contribution >= 4 is 44.9 Å². The lowest BCUT2D eigenvalue weighted by molar-refractivity contribution is -0.121. The molecular weight excluding hydrogens is 368 g/mol. The van der Waals surface area contributed by atoms with Gasteiger partial charge in [-0.05, 0) is 43.7 Å². The van der Waals surface area contributed by atoms with Gasteiger partial charge in [0.1, 0.15) is 10.8 Å². The molecule has 1 amide bonds. The number of amides is 1. The van der Waals surface area contributed by atoms with Crippen LogP contribution in [0.4, 0.5) is 5.82 Å². The van der Waals surface area contributed by atoms with Crippen LogP contribution in [0.3, 0.4) is 0 Å². The number of halogens is 1. The second-order valence-electron chi connectivity index (χ2n) is 6.50. The van der Waals surface area contributed by atoms with Crippen molar-refractivity contribution in [3.05, 3.63) is 52.6 Å². The molecule has 0 radical (unpaired) electrons. The van der Waals surface area contributed by atoms with Crippen molar-refractivity contribution in [2.24, 2.45) is 5.92 Å². The Morgan fingerprint density at radius 2 is 2.19 bits per heavy atom. The Labute approximate surface area is 161 Å². The summed E-state index contributed by atoms with van der Waals surface area (Å²) in [7, 11) is 0. The molecule has 26 heavy (non-hydrogen) atoms. The number of aromatic nitrogens is 2. The van der Waals surface area contributed by atoms with Gasteiger partial charge in [0.25, 0.3) is 0 Å². The lowest BCUT2D eigenvalue weighted by Gasteiger charge is -2.31. The Morgan fingerprint density at radius 1 is 1.31 bits per heavy atom. The Bertz CT molecular complexity index is 878. The summed E-state index contributed by atoms with van der Waals surface area (Å²) in [5, 5.41) is 4.56. The van der Waals surface area contributed by atoms with Gasteiger partial charge in [0, 0.05) is 12.7 Å². The van der Waals surface area contributed by atoms with E-state index in [1.165, 1.54) is 10.9 Å². The molecule has 5 nitrogen and oxygen atoms in total. The highest BCUT2D eigenvalue weighted by atomic mass is 35.5.